The van der Waals surface area contributed by atoms with Crippen LogP contribution in [0.25, 0.3) is 0 Å². The fourth-order valence-electron chi connectivity index (χ4n) is 2.85. The van der Waals surface area contributed by atoms with Gasteiger partial charge in [-0.05, 0) is 34.1 Å². The van der Waals surface area contributed by atoms with Crippen molar-refractivity contribution in [3.8, 4) is 0 Å². The molecule has 0 bridgehead atoms. The fraction of sp³-hybridized carbons (Fsp3) is 0.467. The lowest BCUT2D eigenvalue weighted by molar-refractivity contribution is -0.141. The van der Waals surface area contributed by atoms with Crippen molar-refractivity contribution in [3.05, 3.63) is 22.7 Å². The highest BCUT2D eigenvalue weighted by Gasteiger charge is 2.35. The standard InChI is InChI=1S/C15H17BrN2O4/c16-12-8-11(18-9-10(15(20)21)7-14(18)19)1-2-13(12)17-3-5-22-6-4-17/h1-2,8,10H,3-7,9H2,(H,20,21). The highest BCUT2D eigenvalue weighted by Crippen LogP contribution is 2.33. The van der Waals surface area contributed by atoms with E-state index in [1.807, 2.05) is 18.2 Å². The minimum atomic E-state index is -0.917. The Morgan fingerprint density at radius 3 is 2.64 bits per heavy atom. The van der Waals surface area contributed by atoms with E-state index in [2.05, 4.69) is 20.8 Å². The largest absolute Gasteiger partial charge is 0.481 e. The van der Waals surface area contributed by atoms with E-state index in [1.165, 1.54) is 0 Å². The van der Waals surface area contributed by atoms with Crippen LogP contribution in [0.4, 0.5) is 11.4 Å². The number of morpholine rings is 1. The molecule has 2 heterocycles. The number of benzene rings is 1. The van der Waals surface area contributed by atoms with Crippen molar-refractivity contribution >= 4 is 39.2 Å². The summed E-state index contributed by atoms with van der Waals surface area (Å²) in [4.78, 5) is 26.8. The summed E-state index contributed by atoms with van der Waals surface area (Å²) in [5.41, 5.74) is 1.80. The smallest absolute Gasteiger partial charge is 0.308 e. The zero-order valence-corrected chi connectivity index (χ0v) is 13.6. The number of carboxylic acid groups (broad SMARTS) is 1. The maximum atomic E-state index is 12.0. The SMILES string of the molecule is O=C(O)C1CC(=O)N(c2ccc(N3CCOCC3)c(Br)c2)C1. The first-order valence-corrected chi connectivity index (χ1v) is 8.01. The van der Waals surface area contributed by atoms with Gasteiger partial charge in [-0.15, -0.1) is 0 Å². The molecule has 0 radical (unpaired) electrons. The molecular weight excluding hydrogens is 352 g/mol. The van der Waals surface area contributed by atoms with Crippen LogP contribution in [-0.4, -0.2) is 49.8 Å². The fourth-order valence-corrected chi connectivity index (χ4v) is 3.46. The third-order valence-electron chi connectivity index (χ3n) is 4.07. The predicted octanol–water partition coefficient (Wildman–Crippen LogP) is 1.72. The maximum absolute atomic E-state index is 12.0. The highest BCUT2D eigenvalue weighted by atomic mass is 79.9. The molecule has 1 unspecified atom stereocenters. The van der Waals surface area contributed by atoms with Crippen LogP contribution in [0.3, 0.4) is 0 Å². The van der Waals surface area contributed by atoms with E-state index in [0.29, 0.717) is 13.2 Å². The van der Waals surface area contributed by atoms with Gasteiger partial charge in [0, 0.05) is 36.2 Å². The summed E-state index contributed by atoms with van der Waals surface area (Å²) < 4.78 is 6.25. The number of anilines is 2. The molecule has 2 aliphatic heterocycles. The summed E-state index contributed by atoms with van der Waals surface area (Å²) >= 11 is 3.56. The Kier molecular flexibility index (Phi) is 4.35. The second-order valence-corrected chi connectivity index (χ2v) is 6.33. The van der Waals surface area contributed by atoms with E-state index >= 15 is 0 Å². The molecule has 6 nitrogen and oxygen atoms in total. The number of carbonyl (C=O) groups is 2. The molecule has 1 aromatic rings. The van der Waals surface area contributed by atoms with Gasteiger partial charge in [-0.2, -0.15) is 0 Å². The van der Waals surface area contributed by atoms with Crippen molar-refractivity contribution in [2.45, 2.75) is 6.42 Å². The first kappa shape index (κ1) is 15.3. The molecule has 22 heavy (non-hydrogen) atoms. The van der Waals surface area contributed by atoms with Crippen LogP contribution >= 0.6 is 15.9 Å². The molecule has 2 aliphatic rings. The van der Waals surface area contributed by atoms with Gasteiger partial charge >= 0.3 is 5.97 Å². The van der Waals surface area contributed by atoms with Gasteiger partial charge in [0.1, 0.15) is 0 Å². The molecule has 1 aromatic carbocycles. The van der Waals surface area contributed by atoms with E-state index in [-0.39, 0.29) is 18.9 Å². The summed E-state index contributed by atoms with van der Waals surface area (Å²) in [7, 11) is 0. The molecule has 0 saturated carbocycles. The average molecular weight is 369 g/mol. The van der Waals surface area contributed by atoms with Crippen LogP contribution < -0.4 is 9.80 Å². The lowest BCUT2D eigenvalue weighted by Gasteiger charge is -2.30. The monoisotopic (exact) mass is 368 g/mol. The lowest BCUT2D eigenvalue weighted by atomic mass is 10.1. The molecule has 2 fully saturated rings. The Morgan fingerprint density at radius 2 is 2.05 bits per heavy atom. The van der Waals surface area contributed by atoms with Gasteiger partial charge in [0.2, 0.25) is 5.91 Å². The lowest BCUT2D eigenvalue weighted by Crippen LogP contribution is -2.36. The van der Waals surface area contributed by atoms with E-state index in [1.54, 1.807) is 4.90 Å². The van der Waals surface area contributed by atoms with Crippen molar-refractivity contribution in [2.75, 3.05) is 42.6 Å². The molecule has 0 spiro atoms. The van der Waals surface area contributed by atoms with Crippen LogP contribution in [0, 0.1) is 5.92 Å². The second-order valence-electron chi connectivity index (χ2n) is 5.48. The van der Waals surface area contributed by atoms with Crippen molar-refractivity contribution in [1.82, 2.24) is 0 Å². The maximum Gasteiger partial charge on any atom is 0.308 e. The summed E-state index contributed by atoms with van der Waals surface area (Å²) in [6.45, 7) is 3.32. The van der Waals surface area contributed by atoms with Gasteiger partial charge in [0.15, 0.2) is 0 Å². The Morgan fingerprint density at radius 1 is 1.32 bits per heavy atom. The summed E-state index contributed by atoms with van der Waals surface area (Å²) in [6.07, 6.45) is 0.0676. The molecule has 2 saturated heterocycles. The van der Waals surface area contributed by atoms with E-state index in [9.17, 15) is 9.59 Å². The van der Waals surface area contributed by atoms with Crippen molar-refractivity contribution in [2.24, 2.45) is 5.92 Å². The highest BCUT2D eigenvalue weighted by molar-refractivity contribution is 9.10. The zero-order valence-electron chi connectivity index (χ0n) is 12.0. The Balaban J connectivity index is 1.80. The molecule has 0 aliphatic carbocycles. The number of carbonyl (C=O) groups excluding carboxylic acids is 1. The van der Waals surface area contributed by atoms with E-state index < -0.39 is 11.9 Å². The number of aliphatic carboxylic acids is 1. The number of carboxylic acids is 1. The molecule has 0 aromatic heterocycles. The van der Waals surface area contributed by atoms with Gasteiger partial charge in [0.25, 0.3) is 0 Å². The minimum Gasteiger partial charge on any atom is -0.481 e. The minimum absolute atomic E-state index is 0.0676. The molecule has 1 amide bonds. The number of nitrogens with zero attached hydrogens (tertiary/aromatic N) is 2. The van der Waals surface area contributed by atoms with Crippen LogP contribution in [0.15, 0.2) is 22.7 Å². The van der Waals surface area contributed by atoms with E-state index in [0.717, 1.165) is 28.9 Å². The number of halogens is 1. The number of ether oxygens (including phenoxy) is 1. The normalized spacial score (nSPS) is 22.2. The van der Waals surface area contributed by atoms with E-state index in [4.69, 9.17) is 9.84 Å². The van der Waals surface area contributed by atoms with Crippen molar-refractivity contribution in [1.29, 1.82) is 0 Å². The number of amides is 1. The first-order valence-electron chi connectivity index (χ1n) is 7.21. The molecule has 3 rings (SSSR count). The van der Waals surface area contributed by atoms with Gasteiger partial charge < -0.3 is 19.6 Å². The quantitative estimate of drug-likeness (QED) is 0.879. The summed E-state index contributed by atoms with van der Waals surface area (Å²) in [5, 5.41) is 9.06. The topological polar surface area (TPSA) is 70.1 Å². The number of hydrogen-bond donors (Lipinski definition) is 1. The van der Waals surface area contributed by atoms with Crippen molar-refractivity contribution < 1.29 is 19.4 Å². The summed E-state index contributed by atoms with van der Waals surface area (Å²) in [6, 6.07) is 5.72. The zero-order chi connectivity index (χ0) is 15.7. The summed E-state index contributed by atoms with van der Waals surface area (Å²) in [5.74, 6) is -1.68. The second kappa shape index (κ2) is 6.26. The van der Waals surface area contributed by atoms with Gasteiger partial charge in [-0.3, -0.25) is 9.59 Å². The number of hydrogen-bond acceptors (Lipinski definition) is 4. The third kappa shape index (κ3) is 2.96. The predicted molar refractivity (Wildman–Crippen MR) is 85.3 cm³/mol. The molecule has 7 heteroatoms. The van der Waals surface area contributed by atoms with Gasteiger partial charge in [-0.1, -0.05) is 0 Å². The number of rotatable bonds is 3. The Labute approximate surface area is 136 Å². The third-order valence-corrected chi connectivity index (χ3v) is 4.70. The van der Waals surface area contributed by atoms with Crippen molar-refractivity contribution in [3.63, 3.8) is 0 Å². The van der Waals surface area contributed by atoms with Crippen LogP contribution in [-0.2, 0) is 14.3 Å². The molecule has 118 valence electrons. The van der Waals surface area contributed by atoms with Crippen LogP contribution in [0.5, 0.6) is 0 Å². The first-order chi connectivity index (χ1) is 10.6. The average Bonchev–Trinajstić information content (AvgIpc) is 2.90. The van der Waals surface area contributed by atoms with Crippen LogP contribution in [0.2, 0.25) is 0 Å². The van der Waals surface area contributed by atoms with Gasteiger partial charge in [-0.25, -0.2) is 0 Å². The molecular formula is C15H17BrN2O4. The van der Waals surface area contributed by atoms with Crippen LogP contribution in [0.1, 0.15) is 6.42 Å². The molecule has 1 atom stereocenters. The Bertz CT molecular complexity index is 601. The van der Waals surface area contributed by atoms with Gasteiger partial charge in [0.05, 0.1) is 24.8 Å². The molecule has 1 N–H and O–H groups in total. The Hall–Kier alpha value is -1.60.